The molecule has 0 radical (unpaired) electrons. The largest absolute Gasteiger partial charge is 0.476 e. The van der Waals surface area contributed by atoms with Gasteiger partial charge in [-0.1, -0.05) is 43.7 Å². The molecule has 0 saturated carbocycles. The number of halogens is 3. The van der Waals surface area contributed by atoms with Crippen LogP contribution in [0.25, 0.3) is 5.57 Å². The number of carbonyl (C=O) groups excluding carboxylic acids is 3. The Morgan fingerprint density at radius 2 is 2.04 bits per heavy atom. The molecule has 5 rings (SSSR count). The van der Waals surface area contributed by atoms with Crippen LogP contribution in [-0.2, 0) is 9.59 Å². The zero-order valence-corrected chi connectivity index (χ0v) is 27.7. The lowest BCUT2D eigenvalue weighted by atomic mass is 9.89. The lowest BCUT2D eigenvalue weighted by Gasteiger charge is -2.19. The van der Waals surface area contributed by atoms with Crippen LogP contribution in [0.3, 0.4) is 0 Å². The smallest absolute Gasteiger partial charge is 0.246 e. The van der Waals surface area contributed by atoms with E-state index in [1.165, 1.54) is 36.2 Å². The highest BCUT2D eigenvalue weighted by Crippen LogP contribution is 2.38. The van der Waals surface area contributed by atoms with Crippen molar-refractivity contribution in [2.75, 3.05) is 17.7 Å². The number of anilines is 1. The van der Waals surface area contributed by atoms with Crippen LogP contribution in [0.2, 0.25) is 5.02 Å². The van der Waals surface area contributed by atoms with Crippen LogP contribution in [0.15, 0.2) is 76.4 Å². The standard InChI is InChI=1S/C36H31ClF2N4O4S/c1-19(6-5-15-48-30-17-28(44)36(46)33(41)20(30)2)35(45)24-10-9-21(16-26(24)37)43-27-8-4-3-7-23-25(18-42-34(23)27)22-11-12-29(47-14-13-40)32(39)31(22)38/h3,7-12,16-20,23,41,43H,4-6,14-15H2,1-2H3. The summed E-state index contributed by atoms with van der Waals surface area (Å²) in [7, 11) is 0. The van der Waals surface area contributed by atoms with Crippen molar-refractivity contribution in [1.29, 1.82) is 10.7 Å². The molecule has 2 aromatic carbocycles. The van der Waals surface area contributed by atoms with Gasteiger partial charge >= 0.3 is 0 Å². The van der Waals surface area contributed by atoms with Gasteiger partial charge in [0.05, 0.1) is 22.1 Å². The quantitative estimate of drug-likeness (QED) is 0.100. The first-order chi connectivity index (χ1) is 23.0. The number of fused-ring (bicyclic) bond motifs is 1. The molecule has 246 valence electrons. The molecule has 0 amide bonds. The van der Waals surface area contributed by atoms with Gasteiger partial charge in [-0.2, -0.15) is 9.65 Å². The summed E-state index contributed by atoms with van der Waals surface area (Å²) in [6, 6.07) is 9.51. The minimum absolute atomic E-state index is 0.0396. The first kappa shape index (κ1) is 34.7. The molecule has 3 aliphatic rings. The van der Waals surface area contributed by atoms with E-state index in [1.54, 1.807) is 31.2 Å². The van der Waals surface area contributed by atoms with Crippen LogP contribution in [0, 0.1) is 46.1 Å². The number of ketones is 3. The first-order valence-electron chi connectivity index (χ1n) is 15.3. The lowest BCUT2D eigenvalue weighted by Crippen LogP contribution is -2.32. The number of aliphatic imine (C=N–C) groups is 1. The summed E-state index contributed by atoms with van der Waals surface area (Å²) in [6.07, 6.45) is 10.4. The lowest BCUT2D eigenvalue weighted by molar-refractivity contribution is -0.130. The van der Waals surface area contributed by atoms with E-state index < -0.39 is 41.6 Å². The molecule has 8 nitrogen and oxygen atoms in total. The van der Waals surface area contributed by atoms with E-state index in [9.17, 15) is 18.8 Å². The summed E-state index contributed by atoms with van der Waals surface area (Å²) < 4.78 is 34.8. The normalized spacial score (nSPS) is 19.4. The Morgan fingerprint density at radius 3 is 2.79 bits per heavy atom. The highest BCUT2D eigenvalue weighted by molar-refractivity contribution is 8.03. The van der Waals surface area contributed by atoms with E-state index in [2.05, 4.69) is 10.3 Å². The van der Waals surface area contributed by atoms with Gasteiger partial charge in [0.1, 0.15) is 6.07 Å². The molecule has 48 heavy (non-hydrogen) atoms. The molecule has 0 aromatic heterocycles. The van der Waals surface area contributed by atoms with Crippen molar-refractivity contribution in [2.45, 2.75) is 33.1 Å². The maximum atomic E-state index is 15.1. The van der Waals surface area contributed by atoms with Crippen molar-refractivity contribution in [3.63, 3.8) is 0 Å². The van der Waals surface area contributed by atoms with Gasteiger partial charge in [0, 0.05) is 40.8 Å². The van der Waals surface area contributed by atoms with Gasteiger partial charge in [0.2, 0.25) is 17.4 Å². The molecule has 0 fully saturated rings. The van der Waals surface area contributed by atoms with Crippen molar-refractivity contribution in [2.24, 2.45) is 22.7 Å². The van der Waals surface area contributed by atoms with Crippen LogP contribution in [0.4, 0.5) is 14.5 Å². The molecular weight excluding hydrogens is 658 g/mol. The van der Waals surface area contributed by atoms with E-state index in [0.717, 1.165) is 0 Å². The second-order valence-corrected chi connectivity index (χ2v) is 13.1. The maximum absolute atomic E-state index is 15.1. The highest BCUT2D eigenvalue weighted by Gasteiger charge is 2.32. The van der Waals surface area contributed by atoms with Gasteiger partial charge in [-0.3, -0.25) is 19.4 Å². The monoisotopic (exact) mass is 688 g/mol. The fourth-order valence-electron chi connectivity index (χ4n) is 5.59. The molecule has 0 bridgehead atoms. The average Bonchev–Trinajstić information content (AvgIpc) is 3.39. The average molecular weight is 689 g/mol. The van der Waals surface area contributed by atoms with Crippen molar-refractivity contribution >= 4 is 63.4 Å². The van der Waals surface area contributed by atoms with Gasteiger partial charge < -0.3 is 15.5 Å². The summed E-state index contributed by atoms with van der Waals surface area (Å²) in [5.41, 5.74) is 2.60. The Bertz CT molecular complexity index is 1910. The number of rotatable bonds is 12. The summed E-state index contributed by atoms with van der Waals surface area (Å²) in [6.45, 7) is 3.16. The summed E-state index contributed by atoms with van der Waals surface area (Å²) in [5, 5.41) is 20.1. The van der Waals surface area contributed by atoms with E-state index in [4.69, 9.17) is 27.0 Å². The molecule has 2 N–H and O–H groups in total. The number of nitriles is 1. The third-order valence-corrected chi connectivity index (χ3v) is 9.91. The van der Waals surface area contributed by atoms with Crippen LogP contribution in [0.5, 0.6) is 5.75 Å². The van der Waals surface area contributed by atoms with E-state index >= 15 is 4.39 Å². The van der Waals surface area contributed by atoms with Crippen LogP contribution < -0.4 is 10.1 Å². The molecular formula is C36H31ClF2N4O4S. The summed E-state index contributed by atoms with van der Waals surface area (Å²) in [5.74, 6) is -4.67. The van der Waals surface area contributed by atoms with Crippen molar-refractivity contribution in [1.82, 2.24) is 0 Å². The number of carbonyl (C=O) groups is 3. The zero-order chi connectivity index (χ0) is 34.5. The molecule has 1 heterocycles. The third kappa shape index (κ3) is 7.25. The predicted molar refractivity (Wildman–Crippen MR) is 183 cm³/mol. The predicted octanol–water partition coefficient (Wildman–Crippen LogP) is 7.91. The van der Waals surface area contributed by atoms with Gasteiger partial charge in [-0.25, -0.2) is 4.39 Å². The van der Waals surface area contributed by atoms with Crippen LogP contribution >= 0.6 is 23.4 Å². The highest BCUT2D eigenvalue weighted by atomic mass is 35.5. The first-order valence-corrected chi connectivity index (χ1v) is 16.6. The number of hydrogen-bond donors (Lipinski definition) is 2. The van der Waals surface area contributed by atoms with Gasteiger partial charge in [-0.05, 0) is 71.9 Å². The fraction of sp³-hybridized carbons (Fsp3) is 0.278. The summed E-state index contributed by atoms with van der Waals surface area (Å²) in [4.78, 5) is 42.0. The zero-order valence-electron chi connectivity index (χ0n) is 26.1. The molecule has 3 atom stereocenters. The van der Waals surface area contributed by atoms with Gasteiger partial charge in [0.25, 0.3) is 0 Å². The van der Waals surface area contributed by atoms with E-state index in [1.807, 2.05) is 25.2 Å². The fourth-order valence-corrected chi connectivity index (χ4v) is 6.97. The molecule has 2 aliphatic carbocycles. The van der Waals surface area contributed by atoms with Crippen molar-refractivity contribution < 1.29 is 27.9 Å². The molecule has 3 unspecified atom stereocenters. The molecule has 1 aliphatic heterocycles. The SMILES string of the molecule is CC(CCCSC1=CC(=O)C(=O)C(=N)C1C)C(=O)c1ccc(NC2=CCC=CC3C(c4ccc(OCC#N)c(F)c4F)=CN=C23)cc1Cl. The Labute approximate surface area is 285 Å². The second kappa shape index (κ2) is 15.0. The number of nitrogens with one attached hydrogen (secondary N) is 2. The number of hydrogen-bond acceptors (Lipinski definition) is 9. The minimum atomic E-state index is -1.17. The topological polar surface area (TPSA) is 132 Å². The number of Topliss-reactive ketones (excluding diaryl/α,β-unsaturated/α-hetero) is 2. The van der Waals surface area contributed by atoms with Crippen LogP contribution in [-0.4, -0.2) is 41.1 Å². The van der Waals surface area contributed by atoms with E-state index in [0.29, 0.717) is 58.2 Å². The number of benzene rings is 2. The molecule has 0 spiro atoms. The van der Waals surface area contributed by atoms with Crippen molar-refractivity contribution in [3.8, 4) is 11.8 Å². The number of thioether (sulfide) groups is 1. The Balaban J connectivity index is 1.20. The van der Waals surface area contributed by atoms with Crippen molar-refractivity contribution in [3.05, 3.63) is 99.2 Å². The maximum Gasteiger partial charge on any atom is 0.246 e. The third-order valence-electron chi connectivity index (χ3n) is 8.30. The Kier molecular flexibility index (Phi) is 10.9. The summed E-state index contributed by atoms with van der Waals surface area (Å²) >= 11 is 8.02. The Hall–Kier alpha value is -4.66. The van der Waals surface area contributed by atoms with Crippen LogP contribution in [0.1, 0.15) is 49.0 Å². The van der Waals surface area contributed by atoms with Gasteiger partial charge in [-0.15, -0.1) is 11.8 Å². The number of ether oxygens (including phenoxy) is 1. The number of nitrogens with zero attached hydrogens (tertiary/aromatic N) is 2. The molecule has 0 saturated heterocycles. The van der Waals surface area contributed by atoms with Gasteiger partial charge in [0.15, 0.2) is 24.0 Å². The second-order valence-electron chi connectivity index (χ2n) is 11.5. The minimum Gasteiger partial charge on any atom is -0.476 e. The Morgan fingerprint density at radius 1 is 1.25 bits per heavy atom. The number of allylic oxidation sites excluding steroid dienone is 7. The van der Waals surface area contributed by atoms with E-state index in [-0.39, 0.29) is 33.7 Å². The molecule has 12 heteroatoms. The molecule has 2 aromatic rings.